The molecule has 0 spiro atoms. The largest absolute Gasteiger partial charge is 0.378 e. The lowest BCUT2D eigenvalue weighted by molar-refractivity contribution is -0.116. The maximum atomic E-state index is 13.1. The van der Waals surface area contributed by atoms with Crippen molar-refractivity contribution in [2.75, 3.05) is 29.1 Å². The highest BCUT2D eigenvalue weighted by molar-refractivity contribution is 8.23. The number of benzene rings is 2. The molecule has 0 fully saturated rings. The molecular formula is C23H29N3OS2. The number of amides is 1. The molecule has 0 radical (unpaired) electrons. The van der Waals surface area contributed by atoms with Crippen molar-refractivity contribution in [3.05, 3.63) is 60.2 Å². The first kappa shape index (κ1) is 21.7. The minimum absolute atomic E-state index is 0.112. The van der Waals surface area contributed by atoms with Crippen molar-refractivity contribution in [2.45, 2.75) is 39.3 Å². The number of para-hydroxylation sites is 2. The van der Waals surface area contributed by atoms with Crippen molar-refractivity contribution >= 4 is 45.6 Å². The fraction of sp³-hybridized carbons (Fsp3) is 0.391. The molecule has 2 atom stereocenters. The fourth-order valence-corrected chi connectivity index (χ4v) is 5.09. The van der Waals surface area contributed by atoms with Crippen LogP contribution in [0.25, 0.3) is 0 Å². The molecule has 2 aromatic rings. The van der Waals surface area contributed by atoms with Crippen molar-refractivity contribution < 1.29 is 4.79 Å². The second-order valence-corrected chi connectivity index (χ2v) is 8.81. The van der Waals surface area contributed by atoms with Gasteiger partial charge in [0.1, 0.15) is 4.32 Å². The molecule has 0 bridgehead atoms. The fourth-order valence-electron chi connectivity index (χ4n) is 3.83. The van der Waals surface area contributed by atoms with Gasteiger partial charge in [0.2, 0.25) is 5.91 Å². The van der Waals surface area contributed by atoms with Crippen LogP contribution in [0, 0.1) is 0 Å². The second-order valence-electron chi connectivity index (χ2n) is 7.20. The highest BCUT2D eigenvalue weighted by Crippen LogP contribution is 2.39. The van der Waals surface area contributed by atoms with Gasteiger partial charge in [-0.3, -0.25) is 4.79 Å². The van der Waals surface area contributed by atoms with Gasteiger partial charge >= 0.3 is 0 Å². The minimum Gasteiger partial charge on any atom is -0.378 e. The smallest absolute Gasteiger partial charge is 0.237 e. The van der Waals surface area contributed by atoms with Crippen LogP contribution in [-0.2, 0) is 4.79 Å². The molecule has 4 nitrogen and oxygen atoms in total. The van der Waals surface area contributed by atoms with E-state index in [2.05, 4.69) is 55.3 Å². The van der Waals surface area contributed by atoms with Crippen LogP contribution in [0.4, 0.5) is 11.4 Å². The van der Waals surface area contributed by atoms with Crippen molar-refractivity contribution in [3.8, 4) is 0 Å². The van der Waals surface area contributed by atoms with E-state index in [1.807, 2.05) is 35.2 Å². The molecule has 3 rings (SSSR count). The Morgan fingerprint density at radius 2 is 1.79 bits per heavy atom. The number of carbonyl (C=O) groups excluding carboxylic acids is 1. The summed E-state index contributed by atoms with van der Waals surface area (Å²) in [5.41, 5.74) is 3.26. The van der Waals surface area contributed by atoms with E-state index in [1.165, 1.54) is 17.3 Å². The molecule has 2 unspecified atom stereocenters. The van der Waals surface area contributed by atoms with Gasteiger partial charge in [-0.2, -0.15) is 0 Å². The van der Waals surface area contributed by atoms with Crippen molar-refractivity contribution in [1.82, 2.24) is 4.90 Å². The van der Waals surface area contributed by atoms with Crippen LogP contribution in [0.3, 0.4) is 0 Å². The molecule has 1 heterocycles. The van der Waals surface area contributed by atoms with Crippen LogP contribution in [0.15, 0.2) is 54.6 Å². The number of carbonyl (C=O) groups is 1. The van der Waals surface area contributed by atoms with Crippen LogP contribution < -0.4 is 10.2 Å². The Kier molecular flexibility index (Phi) is 7.56. The molecule has 1 aliphatic heterocycles. The third-order valence-corrected chi connectivity index (χ3v) is 6.82. The molecule has 1 aliphatic rings. The third kappa shape index (κ3) is 5.11. The molecule has 1 amide bonds. The molecule has 1 N–H and O–H groups in total. The quantitative estimate of drug-likeness (QED) is 0.631. The van der Waals surface area contributed by atoms with E-state index in [0.717, 1.165) is 35.2 Å². The van der Waals surface area contributed by atoms with Gasteiger partial charge in [-0.1, -0.05) is 60.4 Å². The number of fused-ring (bicyclic) bond motifs is 1. The number of thiocarbonyl (C=S) groups is 1. The molecular weight excluding hydrogens is 398 g/mol. The van der Waals surface area contributed by atoms with E-state index in [0.29, 0.717) is 5.75 Å². The van der Waals surface area contributed by atoms with Crippen molar-refractivity contribution in [2.24, 2.45) is 0 Å². The Bertz CT molecular complexity index is 839. The number of nitrogens with zero attached hydrogens (tertiary/aromatic N) is 2. The summed E-state index contributed by atoms with van der Waals surface area (Å²) in [6.07, 6.45) is 0.864. The van der Waals surface area contributed by atoms with Gasteiger partial charge in [0, 0.05) is 30.5 Å². The zero-order valence-electron chi connectivity index (χ0n) is 17.3. The summed E-state index contributed by atoms with van der Waals surface area (Å²) >= 11 is 6.97. The van der Waals surface area contributed by atoms with E-state index < -0.39 is 0 Å². The Morgan fingerprint density at radius 1 is 1.14 bits per heavy atom. The number of rotatable bonds is 6. The Morgan fingerprint density at radius 3 is 2.48 bits per heavy atom. The van der Waals surface area contributed by atoms with E-state index >= 15 is 0 Å². The topological polar surface area (TPSA) is 35.6 Å². The second kappa shape index (κ2) is 10.1. The van der Waals surface area contributed by atoms with Gasteiger partial charge in [0.05, 0.1) is 11.8 Å². The molecule has 6 heteroatoms. The van der Waals surface area contributed by atoms with Gasteiger partial charge in [-0.15, -0.1) is 0 Å². The van der Waals surface area contributed by atoms with E-state index in [-0.39, 0.29) is 18.0 Å². The van der Waals surface area contributed by atoms with Crippen LogP contribution in [0.1, 0.15) is 38.8 Å². The van der Waals surface area contributed by atoms with Gasteiger partial charge < -0.3 is 15.1 Å². The average molecular weight is 428 g/mol. The molecule has 0 aliphatic carbocycles. The summed E-state index contributed by atoms with van der Waals surface area (Å²) in [5, 5.41) is 3.64. The normalized spacial score (nSPS) is 18.1. The lowest BCUT2D eigenvalue weighted by atomic mass is 9.91. The van der Waals surface area contributed by atoms with Crippen molar-refractivity contribution in [1.29, 1.82) is 0 Å². The Labute approximate surface area is 183 Å². The number of thioether (sulfide) groups is 1. The average Bonchev–Trinajstić information content (AvgIpc) is 2.74. The number of nitrogens with one attached hydrogen (secondary N) is 1. The maximum absolute atomic E-state index is 13.1. The van der Waals surface area contributed by atoms with Crippen LogP contribution in [0.2, 0.25) is 0 Å². The highest BCUT2D eigenvalue weighted by Gasteiger charge is 2.33. The van der Waals surface area contributed by atoms with E-state index in [1.54, 1.807) is 0 Å². The first-order valence-corrected chi connectivity index (χ1v) is 11.6. The zero-order valence-corrected chi connectivity index (χ0v) is 18.9. The van der Waals surface area contributed by atoms with Gasteiger partial charge in [-0.05, 0) is 51.0 Å². The Hall–Kier alpha value is -2.05. The predicted molar refractivity (Wildman–Crippen MR) is 129 cm³/mol. The monoisotopic (exact) mass is 427 g/mol. The summed E-state index contributed by atoms with van der Waals surface area (Å²) in [6.45, 7) is 8.03. The molecule has 0 aromatic heterocycles. The SMILES string of the molecule is CCN(CC)C(=S)SCC(=O)N1c2ccccc2C(Nc2ccccc2)CC1C. The summed E-state index contributed by atoms with van der Waals surface area (Å²) in [7, 11) is 0. The Balaban J connectivity index is 1.76. The van der Waals surface area contributed by atoms with E-state index in [4.69, 9.17) is 12.2 Å². The molecule has 154 valence electrons. The van der Waals surface area contributed by atoms with Crippen LogP contribution >= 0.6 is 24.0 Å². The van der Waals surface area contributed by atoms with Crippen LogP contribution in [0.5, 0.6) is 0 Å². The first-order chi connectivity index (χ1) is 14.0. The number of anilines is 2. The summed E-state index contributed by atoms with van der Waals surface area (Å²) < 4.78 is 0.796. The molecule has 2 aromatic carbocycles. The lowest BCUT2D eigenvalue weighted by Crippen LogP contribution is -2.45. The number of hydrogen-bond donors (Lipinski definition) is 1. The molecule has 0 saturated heterocycles. The lowest BCUT2D eigenvalue weighted by Gasteiger charge is -2.40. The zero-order chi connectivity index (χ0) is 20.8. The molecule has 0 saturated carbocycles. The maximum Gasteiger partial charge on any atom is 0.237 e. The van der Waals surface area contributed by atoms with Crippen LogP contribution in [-0.4, -0.2) is 40.0 Å². The highest BCUT2D eigenvalue weighted by atomic mass is 32.2. The van der Waals surface area contributed by atoms with E-state index in [9.17, 15) is 4.79 Å². The summed E-state index contributed by atoms with van der Waals surface area (Å²) in [4.78, 5) is 17.2. The summed E-state index contributed by atoms with van der Waals surface area (Å²) in [6, 6.07) is 18.8. The third-order valence-electron chi connectivity index (χ3n) is 5.31. The minimum atomic E-state index is 0.112. The molecule has 29 heavy (non-hydrogen) atoms. The van der Waals surface area contributed by atoms with Gasteiger partial charge in [-0.25, -0.2) is 0 Å². The van der Waals surface area contributed by atoms with Crippen molar-refractivity contribution in [3.63, 3.8) is 0 Å². The van der Waals surface area contributed by atoms with Gasteiger partial charge in [0.15, 0.2) is 0 Å². The predicted octanol–water partition coefficient (Wildman–Crippen LogP) is 5.32. The van der Waals surface area contributed by atoms with Gasteiger partial charge in [0.25, 0.3) is 0 Å². The number of hydrogen-bond acceptors (Lipinski definition) is 4. The standard InChI is InChI=1S/C23H29N3OS2/c1-4-25(5-2)23(28)29-16-22(27)26-17(3)15-20(19-13-9-10-14-21(19)26)24-18-11-7-6-8-12-18/h6-14,17,20,24H,4-5,15-16H2,1-3H3. The first-order valence-electron chi connectivity index (χ1n) is 10.2. The summed E-state index contributed by atoms with van der Waals surface area (Å²) in [5.74, 6) is 0.479.